The maximum Gasteiger partial charge on any atom is 0.271 e. The Morgan fingerprint density at radius 3 is 2.52 bits per heavy atom. The number of nitrogens with zero attached hydrogens (tertiary/aromatic N) is 2. The Kier molecular flexibility index (Phi) is 5.40. The average molecular weight is 366 g/mol. The van der Waals surface area contributed by atoms with Gasteiger partial charge in [0.05, 0.1) is 25.4 Å². The van der Waals surface area contributed by atoms with E-state index in [2.05, 4.69) is 10.2 Å². The molecule has 0 fully saturated rings. The predicted molar refractivity (Wildman–Crippen MR) is 104 cm³/mol. The van der Waals surface area contributed by atoms with Crippen molar-refractivity contribution in [2.75, 3.05) is 20.0 Å². The number of nitrogen functional groups attached to an aromatic ring is 1. The van der Waals surface area contributed by atoms with Crippen molar-refractivity contribution < 1.29 is 14.3 Å². The van der Waals surface area contributed by atoms with Gasteiger partial charge in [0.2, 0.25) is 0 Å². The number of hydrogen-bond acceptors (Lipinski definition) is 6. The van der Waals surface area contributed by atoms with E-state index in [4.69, 9.17) is 20.9 Å². The average Bonchev–Trinajstić information content (AvgIpc) is 2.68. The first-order chi connectivity index (χ1) is 13.0. The molecule has 0 aliphatic carbocycles. The summed E-state index contributed by atoms with van der Waals surface area (Å²) in [4.78, 5) is 11.4. The number of primary amides is 1. The minimum absolute atomic E-state index is 0.00461. The Morgan fingerprint density at radius 1 is 1.04 bits per heavy atom. The Bertz CT molecular complexity index is 988. The van der Waals surface area contributed by atoms with Crippen LogP contribution < -0.4 is 20.9 Å². The predicted octanol–water partition coefficient (Wildman–Crippen LogP) is 2.50. The zero-order valence-corrected chi connectivity index (χ0v) is 15.4. The fraction of sp³-hybridized carbons (Fsp3) is 0.250. The molecular weight excluding hydrogens is 344 g/mol. The number of amides is 1. The minimum Gasteiger partial charge on any atom is -0.493 e. The van der Waals surface area contributed by atoms with Crippen molar-refractivity contribution in [3.05, 3.63) is 53.2 Å². The SMILES string of the molecule is COc1ccc(CCCc2cccc3c(N)c(C(N)=O)nnc23)cc1OC. The third-order valence-electron chi connectivity index (χ3n) is 4.51. The Hall–Kier alpha value is -3.35. The summed E-state index contributed by atoms with van der Waals surface area (Å²) in [6.45, 7) is 0. The molecule has 1 heterocycles. The quantitative estimate of drug-likeness (QED) is 0.664. The molecule has 0 saturated carbocycles. The van der Waals surface area contributed by atoms with Crippen LogP contribution >= 0.6 is 0 Å². The number of carbonyl (C=O) groups is 1. The van der Waals surface area contributed by atoms with E-state index in [0.717, 1.165) is 36.1 Å². The van der Waals surface area contributed by atoms with Crippen LogP contribution in [-0.2, 0) is 12.8 Å². The van der Waals surface area contributed by atoms with Crippen LogP contribution in [0.15, 0.2) is 36.4 Å². The molecular formula is C20H22N4O3. The summed E-state index contributed by atoms with van der Waals surface area (Å²) in [6, 6.07) is 11.6. The fourth-order valence-electron chi connectivity index (χ4n) is 3.11. The van der Waals surface area contributed by atoms with Crippen LogP contribution in [0.2, 0.25) is 0 Å². The van der Waals surface area contributed by atoms with E-state index in [9.17, 15) is 4.79 Å². The van der Waals surface area contributed by atoms with Gasteiger partial charge >= 0.3 is 0 Å². The van der Waals surface area contributed by atoms with Gasteiger partial charge in [0, 0.05) is 5.39 Å². The van der Waals surface area contributed by atoms with Crippen LogP contribution in [0.25, 0.3) is 10.9 Å². The molecule has 1 aromatic heterocycles. The van der Waals surface area contributed by atoms with Crippen molar-refractivity contribution in [1.82, 2.24) is 10.2 Å². The van der Waals surface area contributed by atoms with E-state index in [0.29, 0.717) is 16.7 Å². The lowest BCUT2D eigenvalue weighted by Gasteiger charge is -2.10. The Balaban J connectivity index is 1.78. The third-order valence-corrected chi connectivity index (χ3v) is 4.51. The van der Waals surface area contributed by atoms with Crippen molar-refractivity contribution in [3.8, 4) is 11.5 Å². The second-order valence-electron chi connectivity index (χ2n) is 6.18. The lowest BCUT2D eigenvalue weighted by Crippen LogP contribution is -2.17. The topological polar surface area (TPSA) is 113 Å². The largest absolute Gasteiger partial charge is 0.493 e. The monoisotopic (exact) mass is 366 g/mol. The van der Waals surface area contributed by atoms with Crippen molar-refractivity contribution >= 4 is 22.5 Å². The molecule has 0 radical (unpaired) electrons. The first kappa shape index (κ1) is 18.4. The molecule has 140 valence electrons. The van der Waals surface area contributed by atoms with Crippen LogP contribution in [0.4, 0.5) is 5.69 Å². The second-order valence-corrected chi connectivity index (χ2v) is 6.18. The summed E-state index contributed by atoms with van der Waals surface area (Å²) in [5.41, 5.74) is 14.5. The van der Waals surface area contributed by atoms with Gasteiger partial charge in [-0.2, -0.15) is 0 Å². The number of aromatic nitrogens is 2. The van der Waals surface area contributed by atoms with Gasteiger partial charge in [-0.05, 0) is 42.5 Å². The highest BCUT2D eigenvalue weighted by Crippen LogP contribution is 2.29. The highest BCUT2D eigenvalue weighted by Gasteiger charge is 2.14. The van der Waals surface area contributed by atoms with Gasteiger partial charge in [-0.15, -0.1) is 10.2 Å². The molecule has 0 spiro atoms. The molecule has 0 bridgehead atoms. The summed E-state index contributed by atoms with van der Waals surface area (Å²) in [5, 5.41) is 8.76. The number of hydrogen-bond donors (Lipinski definition) is 2. The minimum atomic E-state index is -0.680. The number of methoxy groups -OCH3 is 2. The molecule has 0 unspecified atom stereocenters. The van der Waals surface area contributed by atoms with Gasteiger partial charge in [-0.1, -0.05) is 24.3 Å². The van der Waals surface area contributed by atoms with E-state index in [1.165, 1.54) is 0 Å². The molecule has 7 heteroatoms. The number of nitrogens with two attached hydrogens (primary N) is 2. The van der Waals surface area contributed by atoms with Crippen LogP contribution in [0, 0.1) is 0 Å². The maximum absolute atomic E-state index is 11.4. The highest BCUT2D eigenvalue weighted by atomic mass is 16.5. The number of carbonyl (C=O) groups excluding carboxylic acids is 1. The number of anilines is 1. The summed E-state index contributed by atoms with van der Waals surface area (Å²) in [6.07, 6.45) is 2.59. The molecule has 3 rings (SSSR count). The van der Waals surface area contributed by atoms with Crippen molar-refractivity contribution in [3.63, 3.8) is 0 Å². The van der Waals surface area contributed by atoms with E-state index >= 15 is 0 Å². The number of rotatable bonds is 7. The Labute approximate surface area is 157 Å². The number of fused-ring (bicyclic) bond motifs is 1. The molecule has 7 nitrogen and oxygen atoms in total. The number of ether oxygens (including phenoxy) is 2. The smallest absolute Gasteiger partial charge is 0.271 e. The van der Waals surface area contributed by atoms with Gasteiger partial charge in [0.25, 0.3) is 5.91 Å². The van der Waals surface area contributed by atoms with Gasteiger partial charge in [-0.25, -0.2) is 0 Å². The van der Waals surface area contributed by atoms with Crippen LogP contribution in [0.1, 0.15) is 28.0 Å². The second kappa shape index (κ2) is 7.90. The van der Waals surface area contributed by atoms with Crippen molar-refractivity contribution in [2.24, 2.45) is 5.73 Å². The van der Waals surface area contributed by atoms with Crippen LogP contribution in [0.3, 0.4) is 0 Å². The molecule has 0 saturated heterocycles. The summed E-state index contributed by atoms with van der Waals surface area (Å²) < 4.78 is 10.6. The summed E-state index contributed by atoms with van der Waals surface area (Å²) >= 11 is 0. The molecule has 3 aromatic rings. The van der Waals surface area contributed by atoms with Crippen molar-refractivity contribution in [1.29, 1.82) is 0 Å². The maximum atomic E-state index is 11.4. The van der Waals surface area contributed by atoms with Gasteiger partial charge in [0.15, 0.2) is 17.2 Å². The Morgan fingerprint density at radius 2 is 1.81 bits per heavy atom. The molecule has 0 aliphatic rings. The molecule has 27 heavy (non-hydrogen) atoms. The zero-order valence-electron chi connectivity index (χ0n) is 15.4. The molecule has 2 aromatic carbocycles. The number of aryl methyl sites for hydroxylation is 2. The van der Waals surface area contributed by atoms with Gasteiger partial charge in [0.1, 0.15) is 0 Å². The number of benzene rings is 2. The first-order valence-electron chi connectivity index (χ1n) is 8.59. The van der Waals surface area contributed by atoms with E-state index in [-0.39, 0.29) is 11.4 Å². The van der Waals surface area contributed by atoms with E-state index in [1.807, 2.05) is 36.4 Å². The highest BCUT2D eigenvalue weighted by molar-refractivity contribution is 6.04. The summed E-state index contributed by atoms with van der Waals surface area (Å²) in [7, 11) is 3.25. The lowest BCUT2D eigenvalue weighted by atomic mass is 10.0. The van der Waals surface area contributed by atoms with Crippen LogP contribution in [0.5, 0.6) is 11.5 Å². The molecule has 0 atom stereocenters. The van der Waals surface area contributed by atoms with E-state index in [1.54, 1.807) is 14.2 Å². The normalized spacial score (nSPS) is 10.7. The van der Waals surface area contributed by atoms with E-state index < -0.39 is 5.91 Å². The van der Waals surface area contributed by atoms with Crippen LogP contribution in [-0.4, -0.2) is 30.3 Å². The van der Waals surface area contributed by atoms with Gasteiger partial charge in [-0.3, -0.25) is 4.79 Å². The zero-order chi connectivity index (χ0) is 19.4. The lowest BCUT2D eigenvalue weighted by molar-refractivity contribution is 0.0996. The summed E-state index contributed by atoms with van der Waals surface area (Å²) in [5.74, 6) is 0.754. The third kappa shape index (κ3) is 3.76. The molecule has 1 amide bonds. The first-order valence-corrected chi connectivity index (χ1v) is 8.59. The van der Waals surface area contributed by atoms with Crippen molar-refractivity contribution in [2.45, 2.75) is 19.3 Å². The molecule has 0 aliphatic heterocycles. The van der Waals surface area contributed by atoms with Gasteiger partial charge < -0.3 is 20.9 Å². The standard InChI is InChI=1S/C20H22N4O3/c1-26-15-10-9-12(11-16(15)27-2)5-3-6-13-7-4-8-14-17(21)19(20(22)25)24-23-18(13)14/h4,7-11H,3,5-6H2,1-2H3,(H2,21,23)(H2,22,25). The molecule has 4 N–H and O–H groups in total. The fourth-order valence-corrected chi connectivity index (χ4v) is 3.11.